The smallest absolute Gasteiger partial charge is 0.321 e. The quantitative estimate of drug-likeness (QED) is 0.694. The molecule has 0 atom stereocenters. The molecule has 0 spiro atoms. The van der Waals surface area contributed by atoms with Crippen LogP contribution in [0, 0.1) is 13.8 Å². The summed E-state index contributed by atoms with van der Waals surface area (Å²) in [4.78, 5) is 19.9. The van der Waals surface area contributed by atoms with Crippen LogP contribution in [0.2, 0.25) is 0 Å². The van der Waals surface area contributed by atoms with Gasteiger partial charge in [0.1, 0.15) is 0 Å². The van der Waals surface area contributed by atoms with Crippen LogP contribution in [0.25, 0.3) is 22.3 Å². The molecule has 0 aliphatic heterocycles. The highest BCUT2D eigenvalue weighted by molar-refractivity contribution is 7.60. The monoisotopic (exact) mass is 338 g/mol. The van der Waals surface area contributed by atoms with Crippen molar-refractivity contribution in [2.45, 2.75) is 13.8 Å². The molecule has 0 unspecified atom stereocenters. The third kappa shape index (κ3) is 3.20. The van der Waals surface area contributed by atoms with E-state index in [1.54, 1.807) is 13.0 Å². The zero-order valence-corrected chi connectivity index (χ0v) is 14.5. The first-order valence-corrected chi connectivity index (χ1v) is 9.31. The molecule has 0 amide bonds. The number of benzene rings is 3. The van der Waals surface area contributed by atoms with E-state index in [4.69, 9.17) is 0 Å². The molecule has 0 saturated heterocycles. The van der Waals surface area contributed by atoms with E-state index in [2.05, 4.69) is 0 Å². The minimum Gasteiger partial charge on any atom is -0.321 e. The summed E-state index contributed by atoms with van der Waals surface area (Å²) >= 11 is 0. The van der Waals surface area contributed by atoms with Gasteiger partial charge in [-0.15, -0.1) is 0 Å². The van der Waals surface area contributed by atoms with Crippen molar-refractivity contribution in [1.29, 1.82) is 0 Å². The maximum atomic E-state index is 12.2. The molecule has 0 bridgehead atoms. The van der Waals surface area contributed by atoms with Crippen LogP contribution in [0.3, 0.4) is 0 Å². The van der Waals surface area contributed by atoms with Crippen LogP contribution in [0.5, 0.6) is 0 Å². The Labute approximate surface area is 141 Å². The topological polar surface area (TPSA) is 57.5 Å². The Morgan fingerprint density at radius 1 is 0.750 bits per heavy atom. The zero-order chi connectivity index (χ0) is 17.3. The van der Waals surface area contributed by atoms with E-state index >= 15 is 0 Å². The Bertz CT molecular complexity index is 910. The Hall–Kier alpha value is -2.19. The maximum absolute atomic E-state index is 12.2. The number of rotatable bonds is 3. The van der Waals surface area contributed by atoms with E-state index in [1.165, 1.54) is 0 Å². The molecule has 4 heteroatoms. The zero-order valence-electron chi connectivity index (χ0n) is 13.6. The second kappa shape index (κ2) is 6.37. The minimum atomic E-state index is -4.42. The van der Waals surface area contributed by atoms with Gasteiger partial charge in [-0.1, -0.05) is 72.3 Å². The fraction of sp³-hybridized carbons (Fsp3) is 0.100. The summed E-state index contributed by atoms with van der Waals surface area (Å²) in [6.07, 6.45) is 0. The molecule has 24 heavy (non-hydrogen) atoms. The fourth-order valence-corrected chi connectivity index (χ4v) is 4.02. The molecule has 3 aromatic carbocycles. The van der Waals surface area contributed by atoms with Crippen molar-refractivity contribution in [3.05, 3.63) is 77.9 Å². The lowest BCUT2D eigenvalue weighted by molar-refractivity contribution is 0.387. The summed E-state index contributed by atoms with van der Waals surface area (Å²) in [7, 11) is -4.42. The second-order valence-electron chi connectivity index (χ2n) is 5.93. The average molecular weight is 338 g/mol. The molecule has 3 aromatic rings. The summed E-state index contributed by atoms with van der Waals surface area (Å²) in [5, 5.41) is 0.104. The summed E-state index contributed by atoms with van der Waals surface area (Å²) in [5.74, 6) is 0. The van der Waals surface area contributed by atoms with Crippen molar-refractivity contribution >= 4 is 12.9 Å². The van der Waals surface area contributed by atoms with Crippen LogP contribution < -0.4 is 5.30 Å². The van der Waals surface area contributed by atoms with Gasteiger partial charge in [0.15, 0.2) is 0 Å². The lowest BCUT2D eigenvalue weighted by Crippen LogP contribution is -2.13. The molecule has 0 aliphatic carbocycles. The van der Waals surface area contributed by atoms with Crippen molar-refractivity contribution in [1.82, 2.24) is 0 Å². The van der Waals surface area contributed by atoms with Gasteiger partial charge in [-0.2, -0.15) is 0 Å². The maximum Gasteiger partial charge on any atom is 0.357 e. The summed E-state index contributed by atoms with van der Waals surface area (Å²) in [6.45, 7) is 3.73. The van der Waals surface area contributed by atoms with Gasteiger partial charge in [-0.25, -0.2) is 0 Å². The molecule has 3 rings (SSSR count). The summed E-state index contributed by atoms with van der Waals surface area (Å²) in [5.41, 5.74) is 4.87. The van der Waals surface area contributed by atoms with Gasteiger partial charge in [0, 0.05) is 5.56 Å². The number of hydrogen-bond donors (Lipinski definition) is 2. The van der Waals surface area contributed by atoms with Crippen molar-refractivity contribution in [2.75, 3.05) is 0 Å². The molecule has 3 nitrogen and oxygen atoms in total. The van der Waals surface area contributed by atoms with Crippen molar-refractivity contribution in [2.24, 2.45) is 0 Å². The first-order chi connectivity index (χ1) is 11.4. The van der Waals surface area contributed by atoms with Crippen LogP contribution >= 0.6 is 7.60 Å². The molecule has 2 N–H and O–H groups in total. The van der Waals surface area contributed by atoms with Crippen molar-refractivity contribution < 1.29 is 14.4 Å². The van der Waals surface area contributed by atoms with E-state index in [-0.39, 0.29) is 5.30 Å². The molecular weight excluding hydrogens is 319 g/mol. The van der Waals surface area contributed by atoms with Gasteiger partial charge < -0.3 is 9.79 Å². The largest absolute Gasteiger partial charge is 0.357 e. The second-order valence-corrected chi connectivity index (χ2v) is 7.46. The number of hydrogen-bond acceptors (Lipinski definition) is 1. The van der Waals surface area contributed by atoms with Crippen LogP contribution in [0.15, 0.2) is 66.7 Å². The van der Waals surface area contributed by atoms with E-state index < -0.39 is 7.60 Å². The molecule has 0 aliphatic rings. The molecule has 0 aromatic heterocycles. The summed E-state index contributed by atoms with van der Waals surface area (Å²) < 4.78 is 12.2. The minimum absolute atomic E-state index is 0.104. The first-order valence-electron chi connectivity index (χ1n) is 7.70. The molecule has 0 radical (unpaired) electrons. The third-order valence-electron chi connectivity index (χ3n) is 4.10. The van der Waals surface area contributed by atoms with Gasteiger partial charge in [0.2, 0.25) is 0 Å². The highest BCUT2D eigenvalue weighted by atomic mass is 31.2. The normalized spacial score (nSPS) is 11.5. The molecule has 0 saturated carbocycles. The number of aryl methyl sites for hydroxylation is 2. The molecule has 0 fully saturated rings. The average Bonchev–Trinajstić information content (AvgIpc) is 2.55. The van der Waals surface area contributed by atoms with Crippen LogP contribution in [0.4, 0.5) is 0 Å². The molecule has 0 heterocycles. The third-order valence-corrected chi connectivity index (χ3v) is 5.25. The van der Waals surface area contributed by atoms with E-state index in [1.807, 2.05) is 67.6 Å². The van der Waals surface area contributed by atoms with E-state index in [0.29, 0.717) is 11.1 Å². The standard InChI is InChI=1S/C20H19O3P/c1-14-8-11-17(12-9-14)19-18(16-6-4-3-5-7-16)13-10-15(2)20(19)24(21,22)23/h3-13H,1-2H3,(H2,21,22,23). The lowest BCUT2D eigenvalue weighted by atomic mass is 9.92. The Kier molecular flexibility index (Phi) is 4.42. The van der Waals surface area contributed by atoms with Gasteiger partial charge in [0.05, 0.1) is 5.30 Å². The highest BCUT2D eigenvalue weighted by Gasteiger charge is 2.27. The van der Waals surface area contributed by atoms with E-state index in [9.17, 15) is 14.4 Å². The predicted molar refractivity (Wildman–Crippen MR) is 98.5 cm³/mol. The lowest BCUT2D eigenvalue weighted by Gasteiger charge is -2.19. The SMILES string of the molecule is Cc1ccc(-c2c(-c3ccccc3)ccc(C)c2P(=O)(O)O)cc1. The Morgan fingerprint density at radius 3 is 1.96 bits per heavy atom. The van der Waals surface area contributed by atoms with Crippen LogP contribution in [-0.4, -0.2) is 9.79 Å². The Balaban J connectivity index is 2.39. The van der Waals surface area contributed by atoms with Crippen molar-refractivity contribution in [3.8, 4) is 22.3 Å². The molecular formula is C20H19O3P. The van der Waals surface area contributed by atoms with Crippen molar-refractivity contribution in [3.63, 3.8) is 0 Å². The summed E-state index contributed by atoms with van der Waals surface area (Å²) in [6, 6.07) is 21.1. The highest BCUT2D eigenvalue weighted by Crippen LogP contribution is 2.43. The van der Waals surface area contributed by atoms with Gasteiger partial charge >= 0.3 is 7.60 Å². The van der Waals surface area contributed by atoms with Gasteiger partial charge in [-0.3, -0.25) is 4.57 Å². The van der Waals surface area contributed by atoms with Crippen LogP contribution in [-0.2, 0) is 4.57 Å². The van der Waals surface area contributed by atoms with Gasteiger partial charge in [-0.05, 0) is 36.1 Å². The van der Waals surface area contributed by atoms with Crippen LogP contribution in [0.1, 0.15) is 11.1 Å². The fourth-order valence-electron chi connectivity index (χ4n) is 2.94. The van der Waals surface area contributed by atoms with E-state index in [0.717, 1.165) is 22.3 Å². The van der Waals surface area contributed by atoms with Gasteiger partial charge in [0.25, 0.3) is 0 Å². The predicted octanol–water partition coefficient (Wildman–Crippen LogP) is 4.44. The Morgan fingerprint density at radius 2 is 1.38 bits per heavy atom. The first kappa shape index (κ1) is 16.7. The molecule has 122 valence electrons.